The van der Waals surface area contributed by atoms with Crippen molar-refractivity contribution in [2.75, 3.05) is 25.5 Å². The molecule has 0 unspecified atom stereocenters. The maximum atomic E-state index is 5.65. The van der Waals surface area contributed by atoms with Crippen molar-refractivity contribution in [2.24, 2.45) is 5.73 Å². The fourth-order valence-electron chi connectivity index (χ4n) is 2.23. The summed E-state index contributed by atoms with van der Waals surface area (Å²) in [4.78, 5) is 5.59. The van der Waals surface area contributed by atoms with E-state index in [1.165, 1.54) is 27.8 Å². The van der Waals surface area contributed by atoms with E-state index in [0.29, 0.717) is 6.54 Å². The van der Waals surface area contributed by atoms with Crippen molar-refractivity contribution in [3.05, 3.63) is 29.5 Å². The van der Waals surface area contributed by atoms with Gasteiger partial charge in [-0.15, -0.1) is 0 Å². The SMILES string of the molecule is Cc1[nH]c2c(N(C)C)cccc2c1CCN. The van der Waals surface area contributed by atoms with Gasteiger partial charge in [-0.05, 0) is 31.5 Å². The van der Waals surface area contributed by atoms with Crippen molar-refractivity contribution in [1.29, 1.82) is 0 Å². The van der Waals surface area contributed by atoms with Crippen LogP contribution in [0.15, 0.2) is 18.2 Å². The van der Waals surface area contributed by atoms with E-state index in [-0.39, 0.29) is 0 Å². The van der Waals surface area contributed by atoms with Gasteiger partial charge in [0, 0.05) is 25.2 Å². The van der Waals surface area contributed by atoms with Gasteiger partial charge in [-0.2, -0.15) is 0 Å². The minimum atomic E-state index is 0.694. The molecule has 0 bridgehead atoms. The topological polar surface area (TPSA) is 45.0 Å². The molecule has 0 saturated heterocycles. The maximum absolute atomic E-state index is 5.65. The molecular weight excluding hydrogens is 198 g/mol. The van der Waals surface area contributed by atoms with Crippen LogP contribution in [-0.2, 0) is 6.42 Å². The number of benzene rings is 1. The Balaban J connectivity index is 2.67. The van der Waals surface area contributed by atoms with E-state index in [4.69, 9.17) is 5.73 Å². The Hall–Kier alpha value is -1.48. The third-order valence-corrected chi connectivity index (χ3v) is 3.01. The van der Waals surface area contributed by atoms with Crippen LogP contribution in [0.2, 0.25) is 0 Å². The minimum absolute atomic E-state index is 0.694. The van der Waals surface area contributed by atoms with Gasteiger partial charge in [-0.3, -0.25) is 0 Å². The quantitative estimate of drug-likeness (QED) is 0.826. The van der Waals surface area contributed by atoms with E-state index in [1.807, 2.05) is 0 Å². The Bertz CT molecular complexity index is 497. The van der Waals surface area contributed by atoms with Gasteiger partial charge >= 0.3 is 0 Å². The lowest BCUT2D eigenvalue weighted by Gasteiger charge is -2.13. The standard InChI is InChI=1S/C13H19N3/c1-9-10(7-8-14)11-5-4-6-12(16(2)3)13(11)15-9/h4-6,15H,7-8,14H2,1-3H3. The number of aryl methyl sites for hydroxylation is 1. The van der Waals surface area contributed by atoms with Crippen LogP contribution in [0.5, 0.6) is 0 Å². The number of para-hydroxylation sites is 1. The molecule has 16 heavy (non-hydrogen) atoms. The molecule has 0 aliphatic rings. The highest BCUT2D eigenvalue weighted by Gasteiger charge is 2.11. The molecule has 0 amide bonds. The van der Waals surface area contributed by atoms with Crippen molar-refractivity contribution < 1.29 is 0 Å². The van der Waals surface area contributed by atoms with Crippen LogP contribution >= 0.6 is 0 Å². The largest absolute Gasteiger partial charge is 0.376 e. The van der Waals surface area contributed by atoms with Gasteiger partial charge in [0.25, 0.3) is 0 Å². The van der Waals surface area contributed by atoms with Gasteiger partial charge in [-0.1, -0.05) is 12.1 Å². The third-order valence-electron chi connectivity index (χ3n) is 3.01. The molecule has 86 valence electrons. The van der Waals surface area contributed by atoms with Crippen molar-refractivity contribution in [1.82, 2.24) is 4.98 Å². The lowest BCUT2D eigenvalue weighted by atomic mass is 10.1. The average molecular weight is 217 g/mol. The first-order chi connectivity index (χ1) is 7.65. The van der Waals surface area contributed by atoms with Crippen LogP contribution in [-0.4, -0.2) is 25.6 Å². The number of hydrogen-bond donors (Lipinski definition) is 2. The molecule has 1 aromatic heterocycles. The number of aromatic nitrogens is 1. The van der Waals surface area contributed by atoms with Crippen LogP contribution in [0.4, 0.5) is 5.69 Å². The predicted molar refractivity (Wildman–Crippen MR) is 70.1 cm³/mol. The van der Waals surface area contributed by atoms with Crippen molar-refractivity contribution in [3.8, 4) is 0 Å². The van der Waals surface area contributed by atoms with Crippen LogP contribution in [0.3, 0.4) is 0 Å². The minimum Gasteiger partial charge on any atom is -0.376 e. The first kappa shape index (κ1) is 11.0. The molecule has 0 fully saturated rings. The second-order valence-electron chi connectivity index (χ2n) is 4.36. The first-order valence-electron chi connectivity index (χ1n) is 5.62. The summed E-state index contributed by atoms with van der Waals surface area (Å²) in [5.41, 5.74) is 10.7. The van der Waals surface area contributed by atoms with Gasteiger partial charge in [0.05, 0.1) is 11.2 Å². The first-order valence-corrected chi connectivity index (χ1v) is 5.62. The van der Waals surface area contributed by atoms with Gasteiger partial charge in [0.2, 0.25) is 0 Å². The van der Waals surface area contributed by atoms with Crippen molar-refractivity contribution >= 4 is 16.6 Å². The zero-order chi connectivity index (χ0) is 11.7. The highest BCUT2D eigenvalue weighted by molar-refractivity contribution is 5.94. The Morgan fingerprint density at radius 1 is 1.31 bits per heavy atom. The second-order valence-corrected chi connectivity index (χ2v) is 4.36. The van der Waals surface area contributed by atoms with Crippen LogP contribution in [0.25, 0.3) is 10.9 Å². The van der Waals surface area contributed by atoms with E-state index in [2.05, 4.69) is 49.1 Å². The highest BCUT2D eigenvalue weighted by Crippen LogP contribution is 2.29. The lowest BCUT2D eigenvalue weighted by Crippen LogP contribution is -2.08. The van der Waals surface area contributed by atoms with Gasteiger partial charge < -0.3 is 15.6 Å². The number of aromatic amines is 1. The van der Waals surface area contributed by atoms with E-state index in [0.717, 1.165) is 6.42 Å². The summed E-state index contributed by atoms with van der Waals surface area (Å²) in [7, 11) is 4.13. The zero-order valence-corrected chi connectivity index (χ0v) is 10.2. The molecule has 0 atom stereocenters. The molecule has 1 aromatic carbocycles. The summed E-state index contributed by atoms with van der Waals surface area (Å²) in [6.45, 7) is 2.81. The maximum Gasteiger partial charge on any atom is 0.0696 e. The molecular formula is C13H19N3. The van der Waals surface area contributed by atoms with Crippen LogP contribution < -0.4 is 10.6 Å². The van der Waals surface area contributed by atoms with Crippen molar-refractivity contribution in [2.45, 2.75) is 13.3 Å². The molecule has 0 radical (unpaired) electrons. The summed E-state index contributed by atoms with van der Waals surface area (Å²) >= 11 is 0. The molecule has 0 aliphatic carbocycles. The summed E-state index contributed by atoms with van der Waals surface area (Å²) < 4.78 is 0. The molecule has 2 aromatic rings. The molecule has 3 heteroatoms. The lowest BCUT2D eigenvalue weighted by molar-refractivity contribution is 0.963. The van der Waals surface area contributed by atoms with E-state index >= 15 is 0 Å². The molecule has 3 N–H and O–H groups in total. The number of nitrogens with one attached hydrogen (secondary N) is 1. The molecule has 0 aliphatic heterocycles. The Kier molecular flexibility index (Phi) is 2.88. The van der Waals surface area contributed by atoms with Crippen LogP contribution in [0.1, 0.15) is 11.3 Å². The number of anilines is 1. The van der Waals surface area contributed by atoms with Gasteiger partial charge in [0.15, 0.2) is 0 Å². The number of hydrogen-bond acceptors (Lipinski definition) is 2. The predicted octanol–water partition coefficient (Wildman–Crippen LogP) is 2.04. The monoisotopic (exact) mass is 217 g/mol. The van der Waals surface area contributed by atoms with E-state index < -0.39 is 0 Å². The van der Waals surface area contributed by atoms with Crippen LogP contribution in [0, 0.1) is 6.92 Å². The third kappa shape index (κ3) is 1.67. The number of nitrogens with zero attached hydrogens (tertiary/aromatic N) is 1. The Morgan fingerprint density at radius 3 is 2.69 bits per heavy atom. The zero-order valence-electron chi connectivity index (χ0n) is 10.2. The Morgan fingerprint density at radius 2 is 2.06 bits per heavy atom. The summed E-state index contributed by atoms with van der Waals surface area (Å²) in [6.07, 6.45) is 0.933. The van der Waals surface area contributed by atoms with E-state index in [1.54, 1.807) is 0 Å². The number of rotatable bonds is 3. The number of fused-ring (bicyclic) bond motifs is 1. The fraction of sp³-hybridized carbons (Fsp3) is 0.385. The van der Waals surface area contributed by atoms with Crippen molar-refractivity contribution in [3.63, 3.8) is 0 Å². The van der Waals surface area contributed by atoms with E-state index in [9.17, 15) is 0 Å². The fourth-order valence-corrected chi connectivity index (χ4v) is 2.23. The Labute approximate surface area is 96.2 Å². The van der Waals surface area contributed by atoms with Gasteiger partial charge in [-0.25, -0.2) is 0 Å². The molecule has 0 saturated carbocycles. The summed E-state index contributed by atoms with van der Waals surface area (Å²) in [6, 6.07) is 6.40. The molecule has 0 spiro atoms. The van der Waals surface area contributed by atoms with Gasteiger partial charge in [0.1, 0.15) is 0 Å². The molecule has 1 heterocycles. The smallest absolute Gasteiger partial charge is 0.0696 e. The number of H-pyrrole nitrogens is 1. The second kappa shape index (κ2) is 4.18. The summed E-state index contributed by atoms with van der Waals surface area (Å²) in [5.74, 6) is 0. The summed E-state index contributed by atoms with van der Waals surface area (Å²) in [5, 5.41) is 1.30. The molecule has 2 rings (SSSR count). The normalized spacial score (nSPS) is 11.0. The molecule has 3 nitrogen and oxygen atoms in total. The number of nitrogens with two attached hydrogens (primary N) is 1. The average Bonchev–Trinajstić information content (AvgIpc) is 2.56. The highest BCUT2D eigenvalue weighted by atomic mass is 15.1.